The molecular weight excluding hydrogens is 597 g/mol. The zero-order chi connectivity index (χ0) is 35.3. The molecule has 50 heavy (non-hydrogen) atoms. The third-order valence-corrected chi connectivity index (χ3v) is 11.9. The maximum absolute atomic E-state index is 6.94. The smallest absolute Gasteiger partial charge is 0.164 e. The van der Waals surface area contributed by atoms with Crippen molar-refractivity contribution >= 4 is 190 Å². The molecule has 2 heterocycles. The van der Waals surface area contributed by atoms with E-state index in [9.17, 15) is 0 Å². The van der Waals surface area contributed by atoms with Crippen LogP contribution in [-0.2, 0) is 0 Å². The van der Waals surface area contributed by atoms with Gasteiger partial charge < -0.3 is 4.42 Å². The summed E-state index contributed by atoms with van der Waals surface area (Å²) in [4.78, 5) is 15.5. The van der Waals surface area contributed by atoms with Gasteiger partial charge in [-0.25, -0.2) is 15.0 Å². The van der Waals surface area contributed by atoms with Crippen molar-refractivity contribution < 1.29 is 4.42 Å². The van der Waals surface area contributed by atoms with E-state index in [1.165, 1.54) is 92.4 Å². The van der Waals surface area contributed by atoms with E-state index in [1.54, 1.807) is 0 Å². The lowest BCUT2D eigenvalue weighted by Crippen LogP contribution is -2.47. The SMILES string of the molecule is Bc1c(B)c(B)c2c(oc3c(B)c4c(c(B)c(B)c5c(-c6nc(-c7ccccc7)nc(-c7ccccc7)n6)c(B)c(B)c(B)c54)c(B)c32)c1B. The Morgan fingerprint density at radius 3 is 1.30 bits per heavy atom. The summed E-state index contributed by atoms with van der Waals surface area (Å²) in [6, 6.07) is 20.5. The molecule has 0 amide bonds. The van der Waals surface area contributed by atoms with Crippen molar-refractivity contribution in [3.63, 3.8) is 0 Å². The van der Waals surface area contributed by atoms with Gasteiger partial charge in [0.1, 0.15) is 97.5 Å². The molecule has 2 aromatic heterocycles. The van der Waals surface area contributed by atoms with Gasteiger partial charge in [-0.2, -0.15) is 0 Å². The van der Waals surface area contributed by atoms with E-state index in [2.05, 4.69) is 111 Å². The fourth-order valence-electron chi connectivity index (χ4n) is 8.41. The third kappa shape index (κ3) is 4.51. The van der Waals surface area contributed by atoms with Gasteiger partial charge >= 0.3 is 0 Å². The minimum absolute atomic E-state index is 0.669. The topological polar surface area (TPSA) is 51.8 Å². The Labute approximate surface area is 302 Å². The third-order valence-electron chi connectivity index (χ3n) is 11.9. The molecule has 0 radical (unpaired) electrons. The summed E-state index contributed by atoms with van der Waals surface area (Å²) in [5, 5.41) is 7.54. The second kappa shape index (κ2) is 11.7. The summed E-state index contributed by atoms with van der Waals surface area (Å²) in [6.07, 6.45) is 0. The molecule has 4 nitrogen and oxygen atoms in total. The molecule has 0 aliphatic rings. The molecule has 0 saturated heterocycles. The van der Waals surface area contributed by atoms with Crippen LogP contribution in [-0.4, -0.2) is 101 Å². The second-order valence-electron chi connectivity index (χ2n) is 14.3. The van der Waals surface area contributed by atoms with Crippen LogP contribution >= 0.6 is 0 Å². The van der Waals surface area contributed by atoms with Crippen LogP contribution in [0.1, 0.15) is 0 Å². The van der Waals surface area contributed by atoms with Crippen molar-refractivity contribution in [2.75, 3.05) is 0 Å². The highest BCUT2D eigenvalue weighted by molar-refractivity contribution is 6.72. The number of hydrogen-bond acceptors (Lipinski definition) is 4. The molecule has 6 aromatic carbocycles. The molecule has 0 bridgehead atoms. The molecule has 0 aliphatic carbocycles. The van der Waals surface area contributed by atoms with Gasteiger partial charge in [-0.05, 0) is 27.0 Å². The molecule has 8 rings (SSSR count). The van der Waals surface area contributed by atoms with Crippen LogP contribution in [0.2, 0.25) is 0 Å². The summed E-state index contributed by atoms with van der Waals surface area (Å²) in [6.45, 7) is 0. The van der Waals surface area contributed by atoms with Crippen LogP contribution < -0.4 is 60.1 Å². The summed E-state index contributed by atoms with van der Waals surface area (Å²) in [5.74, 6) is 2.03. The van der Waals surface area contributed by atoms with Gasteiger partial charge in [0.05, 0.1) is 0 Å². The van der Waals surface area contributed by atoms with Crippen LogP contribution in [0.5, 0.6) is 0 Å². The highest BCUT2D eigenvalue weighted by atomic mass is 16.3. The predicted molar refractivity (Wildman–Crippen MR) is 248 cm³/mol. The molecule has 0 aliphatic heterocycles. The Morgan fingerprint density at radius 1 is 0.320 bits per heavy atom. The van der Waals surface area contributed by atoms with Crippen molar-refractivity contribution in [2.24, 2.45) is 0 Å². The van der Waals surface area contributed by atoms with E-state index in [1.807, 2.05) is 36.4 Å². The van der Waals surface area contributed by atoms with Crippen LogP contribution in [0.25, 0.3) is 77.6 Å². The summed E-state index contributed by atoms with van der Waals surface area (Å²) < 4.78 is 6.94. The molecule has 0 spiro atoms. The van der Waals surface area contributed by atoms with E-state index < -0.39 is 0 Å². The number of fused-ring (bicyclic) bond motifs is 6. The number of rotatable bonds is 3. The molecule has 0 saturated carbocycles. The van der Waals surface area contributed by atoms with Crippen LogP contribution in [0.15, 0.2) is 65.1 Å². The fraction of sp³-hybridized carbons (Fsp3) is 0. The highest BCUT2D eigenvalue weighted by Crippen LogP contribution is 2.32. The van der Waals surface area contributed by atoms with Crippen molar-refractivity contribution in [2.45, 2.75) is 0 Å². The molecular formula is C35H32B11N3O. The number of aromatic nitrogens is 3. The fourth-order valence-corrected chi connectivity index (χ4v) is 8.41. The van der Waals surface area contributed by atoms with E-state index in [4.69, 9.17) is 19.4 Å². The van der Waals surface area contributed by atoms with Crippen molar-refractivity contribution in [1.29, 1.82) is 0 Å². The standard InChI is InChI=1S/C35H32B11N3O/c36-20-16-14(26(42)31-17(20)18-24(40)28(44)29(45)30(46)32(18)50-31)13-15(21(37)23(16)39)19(25(41)27(43)22(13)38)35-48-33(11-7-3-1-4-8-11)47-34(49-35)12-9-5-2-6-10-12/h1-10H,36-46H2. The van der Waals surface area contributed by atoms with Crippen molar-refractivity contribution in [3.05, 3.63) is 60.7 Å². The van der Waals surface area contributed by atoms with E-state index in [-0.39, 0.29) is 0 Å². The van der Waals surface area contributed by atoms with Gasteiger partial charge in [-0.1, -0.05) is 110 Å². The predicted octanol–water partition coefficient (Wildman–Crippen LogP) is -10.1. The molecule has 0 N–H and O–H groups in total. The van der Waals surface area contributed by atoms with Crippen LogP contribution in [0.4, 0.5) is 0 Å². The van der Waals surface area contributed by atoms with Gasteiger partial charge in [-0.15, -0.1) is 5.46 Å². The molecule has 15 heteroatoms. The van der Waals surface area contributed by atoms with E-state index in [0.29, 0.717) is 17.5 Å². The lowest BCUT2D eigenvalue weighted by molar-refractivity contribution is 0.675. The Kier molecular flexibility index (Phi) is 7.63. The number of hydrogen-bond donors (Lipinski definition) is 0. The van der Waals surface area contributed by atoms with Crippen molar-refractivity contribution in [3.8, 4) is 34.2 Å². The van der Waals surface area contributed by atoms with Gasteiger partial charge in [0.2, 0.25) is 0 Å². The Balaban J connectivity index is 1.57. The zero-order valence-electron chi connectivity index (χ0n) is 31.0. The minimum atomic E-state index is 0.669. The average Bonchev–Trinajstić information content (AvgIpc) is 3.55. The van der Waals surface area contributed by atoms with E-state index in [0.717, 1.165) is 27.9 Å². The Morgan fingerprint density at radius 2 is 0.720 bits per heavy atom. The average molecular weight is 630 g/mol. The van der Waals surface area contributed by atoms with Crippen LogP contribution in [0, 0.1) is 0 Å². The largest absolute Gasteiger partial charge is 0.457 e. The Bertz CT molecular complexity index is 2710. The quantitative estimate of drug-likeness (QED) is 0.144. The normalized spacial score (nSPS) is 11.7. The van der Waals surface area contributed by atoms with E-state index >= 15 is 0 Å². The first-order chi connectivity index (χ1) is 23.9. The van der Waals surface area contributed by atoms with Gasteiger partial charge in [0, 0.05) is 27.5 Å². The first-order valence-corrected chi connectivity index (χ1v) is 17.6. The monoisotopic (exact) mass is 631 g/mol. The van der Waals surface area contributed by atoms with Crippen molar-refractivity contribution in [1.82, 2.24) is 15.0 Å². The van der Waals surface area contributed by atoms with Crippen LogP contribution in [0.3, 0.4) is 0 Å². The Hall–Kier alpha value is -4.64. The zero-order valence-corrected chi connectivity index (χ0v) is 31.0. The molecule has 0 unspecified atom stereocenters. The lowest BCUT2D eigenvalue weighted by atomic mass is 9.61. The number of furan rings is 1. The summed E-state index contributed by atoms with van der Waals surface area (Å²) in [7, 11) is 24.8. The molecule has 226 valence electrons. The van der Waals surface area contributed by atoms with Gasteiger partial charge in [0.25, 0.3) is 0 Å². The maximum atomic E-state index is 6.94. The first-order valence-electron chi connectivity index (χ1n) is 17.6. The number of benzene rings is 6. The van der Waals surface area contributed by atoms with Gasteiger partial charge in [0.15, 0.2) is 17.5 Å². The lowest BCUT2D eigenvalue weighted by Gasteiger charge is -2.25. The minimum Gasteiger partial charge on any atom is -0.457 e. The summed E-state index contributed by atoms with van der Waals surface area (Å²) >= 11 is 0. The maximum Gasteiger partial charge on any atom is 0.164 e. The summed E-state index contributed by atoms with van der Waals surface area (Å²) in [5.41, 5.74) is 18.9. The molecule has 0 fully saturated rings. The van der Waals surface area contributed by atoms with Gasteiger partial charge in [-0.3, -0.25) is 0 Å². The molecule has 8 aromatic rings. The first kappa shape index (κ1) is 32.6. The number of nitrogens with zero attached hydrogens (tertiary/aromatic N) is 3. The highest BCUT2D eigenvalue weighted by Gasteiger charge is 2.26. The second-order valence-corrected chi connectivity index (χ2v) is 14.3. The molecule has 0 atom stereocenters.